The van der Waals surface area contributed by atoms with Crippen molar-refractivity contribution < 1.29 is 4.79 Å². The van der Waals surface area contributed by atoms with E-state index >= 15 is 0 Å². The van der Waals surface area contributed by atoms with E-state index in [-0.39, 0.29) is 11.5 Å². The monoisotopic (exact) mass is 406 g/mol. The summed E-state index contributed by atoms with van der Waals surface area (Å²) < 4.78 is 1.33. The SMILES string of the molecule is CCc1ccccc1NC(=O)C(C)n1cnc2nc(N3CCCCC3)ncc2c1=O. The van der Waals surface area contributed by atoms with Crippen LogP contribution in [0.2, 0.25) is 0 Å². The molecule has 1 aliphatic rings. The number of aromatic nitrogens is 4. The number of aryl methyl sites for hydroxylation is 1. The quantitative estimate of drug-likeness (QED) is 0.700. The normalized spacial score (nSPS) is 15.2. The topological polar surface area (TPSA) is 93.0 Å². The number of anilines is 2. The van der Waals surface area contributed by atoms with Gasteiger partial charge in [0.25, 0.3) is 5.56 Å². The summed E-state index contributed by atoms with van der Waals surface area (Å²) in [7, 11) is 0. The van der Waals surface area contributed by atoms with Crippen LogP contribution in [0.15, 0.2) is 41.6 Å². The van der Waals surface area contributed by atoms with E-state index in [0.717, 1.165) is 43.6 Å². The summed E-state index contributed by atoms with van der Waals surface area (Å²) in [5.41, 5.74) is 1.83. The van der Waals surface area contributed by atoms with E-state index in [0.29, 0.717) is 17.0 Å². The van der Waals surface area contributed by atoms with Gasteiger partial charge in [0.05, 0.1) is 0 Å². The summed E-state index contributed by atoms with van der Waals surface area (Å²) >= 11 is 0. The van der Waals surface area contributed by atoms with Gasteiger partial charge in [-0.25, -0.2) is 9.97 Å². The molecule has 1 amide bonds. The lowest BCUT2D eigenvalue weighted by atomic mass is 10.1. The summed E-state index contributed by atoms with van der Waals surface area (Å²) in [5.74, 6) is 0.332. The molecule has 8 nitrogen and oxygen atoms in total. The molecule has 1 N–H and O–H groups in total. The molecular weight excluding hydrogens is 380 g/mol. The molecule has 1 atom stereocenters. The molecule has 2 aromatic heterocycles. The molecule has 4 rings (SSSR count). The Hall–Kier alpha value is -3.29. The van der Waals surface area contributed by atoms with Crippen molar-refractivity contribution in [3.63, 3.8) is 0 Å². The molecule has 156 valence electrons. The molecule has 0 bridgehead atoms. The molecule has 1 unspecified atom stereocenters. The Kier molecular flexibility index (Phi) is 5.74. The van der Waals surface area contributed by atoms with Crippen LogP contribution in [0.4, 0.5) is 11.6 Å². The average molecular weight is 406 g/mol. The highest BCUT2D eigenvalue weighted by molar-refractivity contribution is 5.94. The van der Waals surface area contributed by atoms with Crippen LogP contribution in [0.1, 0.15) is 44.7 Å². The lowest BCUT2D eigenvalue weighted by molar-refractivity contribution is -0.118. The fraction of sp³-hybridized carbons (Fsp3) is 0.409. The van der Waals surface area contributed by atoms with Gasteiger partial charge in [-0.05, 0) is 44.2 Å². The van der Waals surface area contributed by atoms with Crippen molar-refractivity contribution >= 4 is 28.6 Å². The van der Waals surface area contributed by atoms with Crippen molar-refractivity contribution in [2.45, 2.75) is 45.6 Å². The van der Waals surface area contributed by atoms with Crippen molar-refractivity contribution in [1.82, 2.24) is 19.5 Å². The summed E-state index contributed by atoms with van der Waals surface area (Å²) in [6.45, 7) is 5.55. The number of amides is 1. The van der Waals surface area contributed by atoms with Gasteiger partial charge in [0.1, 0.15) is 17.8 Å². The number of piperidine rings is 1. The predicted octanol–water partition coefficient (Wildman–Crippen LogP) is 2.94. The summed E-state index contributed by atoms with van der Waals surface area (Å²) in [6.07, 6.45) is 7.17. The van der Waals surface area contributed by atoms with Gasteiger partial charge in [-0.3, -0.25) is 14.2 Å². The molecule has 1 aliphatic heterocycles. The number of carbonyl (C=O) groups excluding carboxylic acids is 1. The second kappa shape index (κ2) is 8.61. The number of para-hydroxylation sites is 1. The van der Waals surface area contributed by atoms with Crippen LogP contribution in [0.5, 0.6) is 0 Å². The van der Waals surface area contributed by atoms with Crippen molar-refractivity contribution in [3.05, 3.63) is 52.7 Å². The molecule has 3 aromatic rings. The van der Waals surface area contributed by atoms with Crippen molar-refractivity contribution in [2.75, 3.05) is 23.3 Å². The third kappa shape index (κ3) is 3.90. The largest absolute Gasteiger partial charge is 0.341 e. The molecule has 1 aromatic carbocycles. The fourth-order valence-corrected chi connectivity index (χ4v) is 3.76. The average Bonchev–Trinajstić information content (AvgIpc) is 2.79. The first kappa shape index (κ1) is 20.0. The van der Waals surface area contributed by atoms with Crippen LogP contribution in [0, 0.1) is 0 Å². The van der Waals surface area contributed by atoms with Gasteiger partial charge in [0.2, 0.25) is 11.9 Å². The maximum absolute atomic E-state index is 13.0. The summed E-state index contributed by atoms with van der Waals surface area (Å²) in [5, 5.41) is 3.23. The van der Waals surface area contributed by atoms with E-state index < -0.39 is 6.04 Å². The first-order valence-corrected chi connectivity index (χ1v) is 10.5. The third-order valence-corrected chi connectivity index (χ3v) is 5.62. The molecule has 8 heteroatoms. The Morgan fingerprint density at radius 1 is 1.17 bits per heavy atom. The van der Waals surface area contributed by atoms with E-state index in [1.807, 2.05) is 31.2 Å². The Labute approximate surface area is 175 Å². The molecular formula is C22H26N6O2. The zero-order valence-electron chi connectivity index (χ0n) is 17.3. The Morgan fingerprint density at radius 2 is 1.93 bits per heavy atom. The van der Waals surface area contributed by atoms with Crippen LogP contribution in [0.3, 0.4) is 0 Å². The first-order chi connectivity index (χ1) is 14.6. The van der Waals surface area contributed by atoms with Crippen LogP contribution in [-0.4, -0.2) is 38.5 Å². The maximum Gasteiger partial charge on any atom is 0.265 e. The molecule has 0 aliphatic carbocycles. The number of carbonyl (C=O) groups is 1. The van der Waals surface area contributed by atoms with Crippen LogP contribution in [0.25, 0.3) is 11.0 Å². The fourth-order valence-electron chi connectivity index (χ4n) is 3.76. The number of fused-ring (bicyclic) bond motifs is 1. The zero-order chi connectivity index (χ0) is 21.1. The van der Waals surface area contributed by atoms with Gasteiger partial charge < -0.3 is 10.2 Å². The Morgan fingerprint density at radius 3 is 2.70 bits per heavy atom. The lowest BCUT2D eigenvalue weighted by Gasteiger charge is -2.26. The van der Waals surface area contributed by atoms with Gasteiger partial charge in [-0.2, -0.15) is 4.98 Å². The molecule has 1 saturated heterocycles. The minimum Gasteiger partial charge on any atom is -0.341 e. The molecule has 0 spiro atoms. The number of hydrogen-bond acceptors (Lipinski definition) is 6. The van der Waals surface area contributed by atoms with E-state index in [4.69, 9.17) is 0 Å². The third-order valence-electron chi connectivity index (χ3n) is 5.62. The maximum atomic E-state index is 13.0. The molecule has 0 radical (unpaired) electrons. The van der Waals surface area contributed by atoms with Crippen molar-refractivity contribution in [2.24, 2.45) is 0 Å². The van der Waals surface area contributed by atoms with Gasteiger partial charge >= 0.3 is 0 Å². The minimum absolute atomic E-state index is 0.273. The van der Waals surface area contributed by atoms with Gasteiger partial charge in [-0.1, -0.05) is 25.1 Å². The smallest absolute Gasteiger partial charge is 0.265 e. The van der Waals surface area contributed by atoms with Crippen LogP contribution < -0.4 is 15.8 Å². The number of nitrogens with zero attached hydrogens (tertiary/aromatic N) is 5. The summed E-state index contributed by atoms with van der Waals surface area (Å²) in [4.78, 5) is 41.1. The van der Waals surface area contributed by atoms with E-state index in [1.54, 1.807) is 6.92 Å². The Balaban J connectivity index is 1.59. The van der Waals surface area contributed by atoms with Crippen molar-refractivity contribution in [3.8, 4) is 0 Å². The highest BCUT2D eigenvalue weighted by Gasteiger charge is 2.20. The van der Waals surface area contributed by atoms with Crippen molar-refractivity contribution in [1.29, 1.82) is 0 Å². The van der Waals surface area contributed by atoms with Crippen LogP contribution in [-0.2, 0) is 11.2 Å². The zero-order valence-corrected chi connectivity index (χ0v) is 17.3. The molecule has 1 fully saturated rings. The predicted molar refractivity (Wildman–Crippen MR) is 117 cm³/mol. The van der Waals surface area contributed by atoms with Crippen LogP contribution >= 0.6 is 0 Å². The van der Waals surface area contributed by atoms with Gasteiger partial charge in [0, 0.05) is 25.0 Å². The van der Waals surface area contributed by atoms with E-state index in [9.17, 15) is 9.59 Å². The second-order valence-electron chi connectivity index (χ2n) is 7.59. The molecule has 30 heavy (non-hydrogen) atoms. The van der Waals surface area contributed by atoms with Gasteiger partial charge in [-0.15, -0.1) is 0 Å². The number of benzene rings is 1. The standard InChI is InChI=1S/C22H26N6O2/c1-3-16-9-5-6-10-18(16)25-20(29)15(2)28-14-24-19-17(21(28)30)13-23-22(26-19)27-11-7-4-8-12-27/h5-6,9-10,13-15H,3-4,7-8,11-12H2,1-2H3,(H,25,29). The molecule has 3 heterocycles. The Bertz CT molecular complexity index is 1120. The highest BCUT2D eigenvalue weighted by Crippen LogP contribution is 2.19. The minimum atomic E-state index is -0.721. The van der Waals surface area contributed by atoms with E-state index in [1.165, 1.54) is 23.5 Å². The second-order valence-corrected chi connectivity index (χ2v) is 7.59. The summed E-state index contributed by atoms with van der Waals surface area (Å²) in [6, 6.07) is 6.93. The number of hydrogen-bond donors (Lipinski definition) is 1. The molecule has 0 saturated carbocycles. The van der Waals surface area contributed by atoms with Gasteiger partial charge in [0.15, 0.2) is 5.65 Å². The number of rotatable bonds is 5. The number of nitrogens with one attached hydrogen (secondary N) is 1. The first-order valence-electron chi connectivity index (χ1n) is 10.5. The highest BCUT2D eigenvalue weighted by atomic mass is 16.2. The lowest BCUT2D eigenvalue weighted by Crippen LogP contribution is -2.33. The van der Waals surface area contributed by atoms with E-state index in [2.05, 4.69) is 25.2 Å².